The lowest BCUT2D eigenvalue weighted by molar-refractivity contribution is 0.0697. The summed E-state index contributed by atoms with van der Waals surface area (Å²) < 4.78 is 1.86. The van der Waals surface area contributed by atoms with E-state index in [1.165, 1.54) is 6.07 Å². The number of nitrogens with zero attached hydrogens (tertiary/aromatic N) is 2. The van der Waals surface area contributed by atoms with Crippen molar-refractivity contribution in [3.05, 3.63) is 40.7 Å². The first-order valence-electron chi connectivity index (χ1n) is 5.59. The predicted molar refractivity (Wildman–Crippen MR) is 70.0 cm³/mol. The molecule has 0 radical (unpaired) electrons. The molecule has 1 N–H and O–H groups in total. The van der Waals surface area contributed by atoms with Crippen LogP contribution in [0.2, 0.25) is 5.02 Å². The number of halogens is 1. The van der Waals surface area contributed by atoms with E-state index in [0.717, 1.165) is 23.4 Å². The molecule has 2 aromatic rings. The molecule has 2 rings (SSSR count). The lowest BCUT2D eigenvalue weighted by Crippen LogP contribution is -1.99. The smallest absolute Gasteiger partial charge is 0.335 e. The zero-order valence-electron chi connectivity index (χ0n) is 10.1. The third kappa shape index (κ3) is 2.24. The van der Waals surface area contributed by atoms with E-state index in [4.69, 9.17) is 16.7 Å². The molecule has 0 bridgehead atoms. The summed E-state index contributed by atoms with van der Waals surface area (Å²) in [6, 6.07) is 4.79. The van der Waals surface area contributed by atoms with E-state index >= 15 is 0 Å². The Morgan fingerprint density at radius 2 is 2.17 bits per heavy atom. The summed E-state index contributed by atoms with van der Waals surface area (Å²) in [5, 5.41) is 13.7. The molecule has 0 unspecified atom stereocenters. The summed E-state index contributed by atoms with van der Waals surface area (Å²) in [5.41, 5.74) is 2.86. The SMILES string of the molecule is CCn1ncc(-c2cc(Cl)cc(C(=O)O)c2)c1C. The number of benzene rings is 1. The zero-order valence-corrected chi connectivity index (χ0v) is 10.9. The standard InChI is InChI=1S/C13H13ClN2O2/c1-3-16-8(2)12(7-15-16)9-4-10(13(17)18)6-11(14)5-9/h4-7H,3H2,1-2H3,(H,17,18). The molecule has 0 aliphatic carbocycles. The Bertz CT molecular complexity index is 605. The minimum Gasteiger partial charge on any atom is -0.478 e. The lowest BCUT2D eigenvalue weighted by Gasteiger charge is -2.05. The van der Waals surface area contributed by atoms with Gasteiger partial charge in [0.2, 0.25) is 0 Å². The number of aromatic nitrogens is 2. The van der Waals surface area contributed by atoms with Crippen LogP contribution >= 0.6 is 11.6 Å². The minimum atomic E-state index is -0.987. The molecule has 0 amide bonds. The van der Waals surface area contributed by atoms with Gasteiger partial charge in [0.15, 0.2) is 0 Å². The van der Waals surface area contributed by atoms with Crippen LogP contribution in [0.3, 0.4) is 0 Å². The van der Waals surface area contributed by atoms with Gasteiger partial charge in [0.05, 0.1) is 11.8 Å². The van der Waals surface area contributed by atoms with E-state index in [1.54, 1.807) is 18.3 Å². The Kier molecular flexibility index (Phi) is 3.39. The molecule has 0 aliphatic rings. The monoisotopic (exact) mass is 264 g/mol. The van der Waals surface area contributed by atoms with E-state index in [0.29, 0.717) is 5.02 Å². The zero-order chi connectivity index (χ0) is 13.3. The molecular weight excluding hydrogens is 252 g/mol. The largest absolute Gasteiger partial charge is 0.478 e. The first kappa shape index (κ1) is 12.6. The quantitative estimate of drug-likeness (QED) is 0.926. The maximum atomic E-state index is 11.0. The number of carbonyl (C=O) groups is 1. The summed E-state index contributed by atoms with van der Waals surface area (Å²) in [7, 11) is 0. The average molecular weight is 265 g/mol. The van der Waals surface area contributed by atoms with Crippen LogP contribution in [0.1, 0.15) is 23.0 Å². The van der Waals surface area contributed by atoms with Crippen molar-refractivity contribution in [3.63, 3.8) is 0 Å². The van der Waals surface area contributed by atoms with Crippen molar-refractivity contribution in [2.75, 3.05) is 0 Å². The number of hydrogen-bond donors (Lipinski definition) is 1. The second-order valence-electron chi connectivity index (χ2n) is 3.99. The van der Waals surface area contributed by atoms with Crippen LogP contribution in [0.4, 0.5) is 0 Å². The van der Waals surface area contributed by atoms with E-state index in [1.807, 2.05) is 18.5 Å². The molecule has 4 nitrogen and oxygen atoms in total. The lowest BCUT2D eigenvalue weighted by atomic mass is 10.0. The summed E-state index contributed by atoms with van der Waals surface area (Å²) in [6.45, 7) is 4.73. The first-order valence-corrected chi connectivity index (χ1v) is 5.97. The number of carboxylic acid groups (broad SMARTS) is 1. The van der Waals surface area contributed by atoms with Crippen molar-refractivity contribution in [2.45, 2.75) is 20.4 Å². The van der Waals surface area contributed by atoms with Crippen LogP contribution in [-0.2, 0) is 6.54 Å². The fourth-order valence-corrected chi connectivity index (χ4v) is 2.15. The van der Waals surface area contributed by atoms with Gasteiger partial charge in [-0.1, -0.05) is 11.6 Å². The summed E-state index contributed by atoms with van der Waals surface area (Å²) in [5.74, 6) is -0.987. The Hall–Kier alpha value is -1.81. The molecule has 0 saturated carbocycles. The minimum absolute atomic E-state index is 0.182. The van der Waals surface area contributed by atoms with E-state index in [-0.39, 0.29) is 5.56 Å². The average Bonchev–Trinajstić information content (AvgIpc) is 2.69. The summed E-state index contributed by atoms with van der Waals surface area (Å²) in [4.78, 5) is 11.0. The van der Waals surface area contributed by atoms with Crippen molar-refractivity contribution in [1.29, 1.82) is 0 Å². The summed E-state index contributed by atoms with van der Waals surface area (Å²) >= 11 is 5.95. The van der Waals surface area contributed by atoms with Crippen molar-refractivity contribution in [2.24, 2.45) is 0 Å². The van der Waals surface area contributed by atoms with E-state index in [2.05, 4.69) is 5.10 Å². The van der Waals surface area contributed by atoms with Gasteiger partial charge >= 0.3 is 5.97 Å². The van der Waals surface area contributed by atoms with E-state index in [9.17, 15) is 4.79 Å². The maximum Gasteiger partial charge on any atom is 0.335 e. The fraction of sp³-hybridized carbons (Fsp3) is 0.231. The Morgan fingerprint density at radius 3 is 2.72 bits per heavy atom. The number of hydrogen-bond acceptors (Lipinski definition) is 2. The maximum absolute atomic E-state index is 11.0. The molecule has 1 aromatic carbocycles. The molecule has 1 heterocycles. The topological polar surface area (TPSA) is 55.1 Å². The van der Waals surface area contributed by atoms with Gasteiger partial charge in [-0.15, -0.1) is 0 Å². The van der Waals surface area contributed by atoms with E-state index < -0.39 is 5.97 Å². The van der Waals surface area contributed by atoms with Crippen LogP contribution in [0.5, 0.6) is 0 Å². The van der Waals surface area contributed by atoms with Crippen molar-refractivity contribution in [1.82, 2.24) is 9.78 Å². The third-order valence-corrected chi connectivity index (χ3v) is 3.08. The van der Waals surface area contributed by atoms with Crippen LogP contribution in [0.25, 0.3) is 11.1 Å². The first-order chi connectivity index (χ1) is 8.52. The van der Waals surface area contributed by atoms with Gasteiger partial charge in [0.1, 0.15) is 0 Å². The molecule has 5 heteroatoms. The highest BCUT2D eigenvalue weighted by atomic mass is 35.5. The highest BCUT2D eigenvalue weighted by molar-refractivity contribution is 6.31. The highest BCUT2D eigenvalue weighted by Crippen LogP contribution is 2.27. The van der Waals surface area contributed by atoms with Gasteiger partial charge < -0.3 is 5.11 Å². The molecule has 0 atom stereocenters. The van der Waals surface area contributed by atoms with Gasteiger partial charge in [0, 0.05) is 22.8 Å². The Balaban J connectivity index is 2.56. The third-order valence-electron chi connectivity index (χ3n) is 2.86. The van der Waals surface area contributed by atoms with Gasteiger partial charge in [-0.2, -0.15) is 5.10 Å². The Morgan fingerprint density at radius 1 is 1.44 bits per heavy atom. The molecular formula is C13H13ClN2O2. The van der Waals surface area contributed by atoms with Crippen molar-refractivity contribution in [3.8, 4) is 11.1 Å². The van der Waals surface area contributed by atoms with Crippen LogP contribution in [-0.4, -0.2) is 20.9 Å². The molecule has 0 spiro atoms. The van der Waals surface area contributed by atoms with Gasteiger partial charge in [-0.05, 0) is 37.6 Å². The number of carboxylic acids is 1. The van der Waals surface area contributed by atoms with Crippen LogP contribution in [0, 0.1) is 6.92 Å². The molecule has 0 fully saturated rings. The normalized spacial score (nSPS) is 10.6. The molecule has 0 saturated heterocycles. The fourth-order valence-electron chi connectivity index (χ4n) is 1.92. The molecule has 18 heavy (non-hydrogen) atoms. The van der Waals surface area contributed by atoms with Crippen LogP contribution in [0.15, 0.2) is 24.4 Å². The number of aryl methyl sites for hydroxylation is 1. The number of aromatic carboxylic acids is 1. The highest BCUT2D eigenvalue weighted by Gasteiger charge is 2.12. The molecule has 1 aromatic heterocycles. The second-order valence-corrected chi connectivity index (χ2v) is 4.43. The molecule has 0 aliphatic heterocycles. The van der Waals surface area contributed by atoms with Crippen molar-refractivity contribution < 1.29 is 9.90 Å². The number of rotatable bonds is 3. The summed E-state index contributed by atoms with van der Waals surface area (Å²) in [6.07, 6.45) is 1.73. The van der Waals surface area contributed by atoms with Gasteiger partial charge in [0.25, 0.3) is 0 Å². The van der Waals surface area contributed by atoms with Gasteiger partial charge in [-0.3, -0.25) is 4.68 Å². The second kappa shape index (κ2) is 4.82. The molecule has 94 valence electrons. The van der Waals surface area contributed by atoms with Crippen molar-refractivity contribution >= 4 is 17.6 Å². The Labute approximate surface area is 110 Å². The van der Waals surface area contributed by atoms with Gasteiger partial charge in [-0.25, -0.2) is 4.79 Å². The van der Waals surface area contributed by atoms with Crippen LogP contribution < -0.4 is 0 Å². The predicted octanol–water partition coefficient (Wildman–Crippen LogP) is 3.23.